The molecular weight excluding hydrogens is 458 g/mol. The lowest BCUT2D eigenvalue weighted by atomic mass is 9.88. The predicted octanol–water partition coefficient (Wildman–Crippen LogP) is 5.36. The standard InChI is InChI=1S/C25H29NO5S2/c1-15(2)31-25(29)23-19-11-5-16(3)13-20(19)33-24(23)26-21(27)14-30-22(28)12-8-17-6-9-18(32-4)10-7-17/h6-10,12,15-16H,5,11,13-14H2,1-4H3,(H,26,27). The molecular formula is C25H29NO5S2. The molecule has 0 fully saturated rings. The fraction of sp³-hybridized carbons (Fsp3) is 0.400. The Kier molecular flexibility index (Phi) is 8.74. The highest BCUT2D eigenvalue weighted by Crippen LogP contribution is 2.40. The third-order valence-corrected chi connectivity index (χ3v) is 7.10. The molecule has 1 aromatic heterocycles. The lowest BCUT2D eigenvalue weighted by Crippen LogP contribution is -2.22. The molecule has 6 nitrogen and oxygen atoms in total. The first-order chi connectivity index (χ1) is 15.8. The van der Waals surface area contributed by atoms with Crippen molar-refractivity contribution in [3.63, 3.8) is 0 Å². The summed E-state index contributed by atoms with van der Waals surface area (Å²) in [7, 11) is 0. The molecule has 1 aliphatic rings. The van der Waals surface area contributed by atoms with E-state index in [1.807, 2.05) is 30.5 Å². The van der Waals surface area contributed by atoms with Crippen LogP contribution in [0.5, 0.6) is 0 Å². The molecule has 1 aliphatic carbocycles. The SMILES string of the molecule is CSc1ccc(C=CC(=O)OCC(=O)Nc2sc3c(c2C(=O)OC(C)C)CCC(C)C3)cc1. The summed E-state index contributed by atoms with van der Waals surface area (Å²) in [5, 5.41) is 3.22. The van der Waals surface area contributed by atoms with E-state index in [1.165, 1.54) is 17.4 Å². The first-order valence-corrected chi connectivity index (χ1v) is 12.9. The van der Waals surface area contributed by atoms with Gasteiger partial charge in [-0.3, -0.25) is 4.79 Å². The van der Waals surface area contributed by atoms with Gasteiger partial charge in [0.05, 0.1) is 11.7 Å². The smallest absolute Gasteiger partial charge is 0.341 e. The molecule has 33 heavy (non-hydrogen) atoms. The number of carbonyl (C=O) groups is 3. The third kappa shape index (κ3) is 6.95. The first kappa shape index (κ1) is 25.1. The summed E-state index contributed by atoms with van der Waals surface area (Å²) in [4.78, 5) is 39.5. The summed E-state index contributed by atoms with van der Waals surface area (Å²) in [6.07, 6.45) is 7.30. The van der Waals surface area contributed by atoms with E-state index in [0.717, 1.165) is 40.2 Å². The van der Waals surface area contributed by atoms with Crippen LogP contribution in [0.25, 0.3) is 6.08 Å². The van der Waals surface area contributed by atoms with Crippen LogP contribution in [0, 0.1) is 5.92 Å². The Hall–Kier alpha value is -2.58. The minimum atomic E-state index is -0.613. The summed E-state index contributed by atoms with van der Waals surface area (Å²) >= 11 is 3.04. The molecule has 1 aromatic carbocycles. The summed E-state index contributed by atoms with van der Waals surface area (Å²) in [5.41, 5.74) is 2.26. The average molecular weight is 488 g/mol. The number of carbonyl (C=O) groups excluding carboxylic acids is 3. The molecule has 0 saturated heterocycles. The number of ether oxygens (including phenoxy) is 2. The van der Waals surface area contributed by atoms with Crippen LogP contribution < -0.4 is 5.32 Å². The number of benzene rings is 1. The largest absolute Gasteiger partial charge is 0.459 e. The van der Waals surface area contributed by atoms with Crippen molar-refractivity contribution in [3.05, 3.63) is 51.9 Å². The number of thiophene rings is 1. The van der Waals surface area contributed by atoms with Gasteiger partial charge in [-0.15, -0.1) is 23.1 Å². The van der Waals surface area contributed by atoms with E-state index in [4.69, 9.17) is 9.47 Å². The molecule has 2 aromatic rings. The van der Waals surface area contributed by atoms with E-state index < -0.39 is 24.5 Å². The van der Waals surface area contributed by atoms with E-state index in [1.54, 1.807) is 31.7 Å². The second-order valence-corrected chi connectivity index (χ2v) is 10.3. The number of anilines is 1. The lowest BCUT2D eigenvalue weighted by Gasteiger charge is -2.18. The highest BCUT2D eigenvalue weighted by molar-refractivity contribution is 7.98. The topological polar surface area (TPSA) is 81.7 Å². The van der Waals surface area contributed by atoms with Gasteiger partial charge in [0.2, 0.25) is 0 Å². The van der Waals surface area contributed by atoms with Gasteiger partial charge in [-0.05, 0) is 74.6 Å². The predicted molar refractivity (Wildman–Crippen MR) is 133 cm³/mol. The highest BCUT2D eigenvalue weighted by atomic mass is 32.2. The molecule has 0 bridgehead atoms. The number of esters is 2. The number of thioether (sulfide) groups is 1. The summed E-state index contributed by atoms with van der Waals surface area (Å²) in [5.74, 6) is -1.01. The van der Waals surface area contributed by atoms with Crippen LogP contribution in [-0.4, -0.2) is 36.8 Å². The Labute approximate surface area is 202 Å². The molecule has 1 atom stereocenters. The first-order valence-electron chi connectivity index (χ1n) is 10.9. The number of nitrogens with one attached hydrogen (secondary N) is 1. The molecule has 0 aliphatic heterocycles. The molecule has 1 heterocycles. The molecule has 176 valence electrons. The second kappa shape index (κ2) is 11.5. The minimum Gasteiger partial charge on any atom is -0.459 e. The van der Waals surface area contributed by atoms with E-state index in [2.05, 4.69) is 12.2 Å². The minimum absolute atomic E-state index is 0.260. The van der Waals surface area contributed by atoms with Crippen molar-refractivity contribution in [2.75, 3.05) is 18.2 Å². The van der Waals surface area contributed by atoms with Crippen molar-refractivity contribution in [3.8, 4) is 0 Å². The molecule has 0 spiro atoms. The van der Waals surface area contributed by atoms with Gasteiger partial charge in [0.1, 0.15) is 5.00 Å². The van der Waals surface area contributed by atoms with Gasteiger partial charge in [0.25, 0.3) is 5.91 Å². The van der Waals surface area contributed by atoms with Crippen LogP contribution in [0.15, 0.2) is 35.2 Å². The summed E-state index contributed by atoms with van der Waals surface area (Å²) in [6, 6.07) is 7.73. The van der Waals surface area contributed by atoms with E-state index in [-0.39, 0.29) is 6.10 Å². The molecule has 1 amide bonds. The van der Waals surface area contributed by atoms with Crippen LogP contribution in [0.3, 0.4) is 0 Å². The van der Waals surface area contributed by atoms with Crippen LogP contribution in [0.4, 0.5) is 5.00 Å². The zero-order valence-electron chi connectivity index (χ0n) is 19.3. The van der Waals surface area contributed by atoms with Crippen molar-refractivity contribution < 1.29 is 23.9 Å². The zero-order chi connectivity index (χ0) is 24.0. The van der Waals surface area contributed by atoms with E-state index in [0.29, 0.717) is 16.5 Å². The average Bonchev–Trinajstić information content (AvgIpc) is 3.12. The van der Waals surface area contributed by atoms with Gasteiger partial charge in [-0.2, -0.15) is 0 Å². The Morgan fingerprint density at radius 1 is 1.24 bits per heavy atom. The van der Waals surface area contributed by atoms with Crippen molar-refractivity contribution >= 4 is 52.0 Å². The number of hydrogen-bond acceptors (Lipinski definition) is 7. The molecule has 1 unspecified atom stereocenters. The Morgan fingerprint density at radius 2 is 1.97 bits per heavy atom. The summed E-state index contributed by atoms with van der Waals surface area (Å²) in [6.45, 7) is 5.33. The number of hydrogen-bond donors (Lipinski definition) is 1. The van der Waals surface area contributed by atoms with Crippen molar-refractivity contribution in [1.82, 2.24) is 0 Å². The fourth-order valence-corrected chi connectivity index (χ4v) is 5.38. The molecule has 1 N–H and O–H groups in total. The zero-order valence-corrected chi connectivity index (χ0v) is 20.9. The van der Waals surface area contributed by atoms with Gasteiger partial charge in [-0.25, -0.2) is 9.59 Å². The highest BCUT2D eigenvalue weighted by Gasteiger charge is 2.29. The van der Waals surface area contributed by atoms with Crippen molar-refractivity contribution in [2.45, 2.75) is 51.0 Å². The maximum atomic E-state index is 12.7. The van der Waals surface area contributed by atoms with Crippen LogP contribution in [-0.2, 0) is 31.9 Å². The molecule has 3 rings (SSSR count). The van der Waals surface area contributed by atoms with E-state index >= 15 is 0 Å². The van der Waals surface area contributed by atoms with Gasteiger partial charge in [-0.1, -0.05) is 19.1 Å². The van der Waals surface area contributed by atoms with Gasteiger partial charge < -0.3 is 14.8 Å². The number of amides is 1. The normalized spacial score (nSPS) is 15.4. The molecule has 0 saturated carbocycles. The Morgan fingerprint density at radius 3 is 2.64 bits per heavy atom. The monoisotopic (exact) mass is 487 g/mol. The quantitative estimate of drug-likeness (QED) is 0.307. The van der Waals surface area contributed by atoms with Gasteiger partial charge >= 0.3 is 11.9 Å². The summed E-state index contributed by atoms with van der Waals surface area (Å²) < 4.78 is 10.5. The number of rotatable bonds is 8. The fourth-order valence-electron chi connectivity index (χ4n) is 3.55. The molecule has 0 radical (unpaired) electrons. The van der Waals surface area contributed by atoms with Crippen LogP contribution in [0.2, 0.25) is 0 Å². The maximum Gasteiger partial charge on any atom is 0.341 e. The van der Waals surface area contributed by atoms with Gasteiger partial charge in [0.15, 0.2) is 6.61 Å². The van der Waals surface area contributed by atoms with Crippen molar-refractivity contribution in [2.24, 2.45) is 5.92 Å². The number of fused-ring (bicyclic) bond motifs is 1. The van der Waals surface area contributed by atoms with E-state index in [9.17, 15) is 14.4 Å². The Balaban J connectivity index is 1.62. The maximum absolute atomic E-state index is 12.7. The van der Waals surface area contributed by atoms with Crippen molar-refractivity contribution in [1.29, 1.82) is 0 Å². The Bertz CT molecular complexity index is 1040. The van der Waals surface area contributed by atoms with Crippen LogP contribution in [0.1, 0.15) is 53.6 Å². The second-order valence-electron chi connectivity index (χ2n) is 8.27. The van der Waals surface area contributed by atoms with Crippen LogP contribution >= 0.6 is 23.1 Å². The lowest BCUT2D eigenvalue weighted by molar-refractivity contribution is -0.142. The van der Waals surface area contributed by atoms with Gasteiger partial charge in [0, 0.05) is 15.8 Å². The third-order valence-electron chi connectivity index (χ3n) is 5.18. The molecule has 8 heteroatoms.